The number of hydrogen-bond acceptors (Lipinski definition) is 1. The third-order valence-corrected chi connectivity index (χ3v) is 4.83. The molecule has 1 nitrogen and oxygen atoms in total. The first-order valence-electron chi connectivity index (χ1n) is 7.59. The van der Waals surface area contributed by atoms with Crippen molar-refractivity contribution in [3.05, 3.63) is 29.8 Å². The Labute approximate surface area is 110 Å². The lowest BCUT2D eigenvalue weighted by molar-refractivity contribution is 0.339. The Morgan fingerprint density at radius 1 is 1.00 bits per heavy atom. The molecule has 0 spiro atoms. The highest BCUT2D eigenvalue weighted by Gasteiger charge is 2.33. The summed E-state index contributed by atoms with van der Waals surface area (Å²) in [4.78, 5) is 0. The molecule has 98 valence electrons. The van der Waals surface area contributed by atoms with Crippen LogP contribution in [0.1, 0.15) is 50.5 Å². The van der Waals surface area contributed by atoms with Crippen LogP contribution in [-0.4, -0.2) is 5.11 Å². The van der Waals surface area contributed by atoms with Gasteiger partial charge in [0.05, 0.1) is 0 Å². The van der Waals surface area contributed by atoms with Gasteiger partial charge in [0.25, 0.3) is 0 Å². The summed E-state index contributed by atoms with van der Waals surface area (Å²) in [6.07, 6.45) is 11.4. The Kier molecular flexibility index (Phi) is 3.58. The fourth-order valence-corrected chi connectivity index (χ4v) is 3.62. The van der Waals surface area contributed by atoms with Gasteiger partial charge < -0.3 is 5.11 Å². The first-order valence-corrected chi connectivity index (χ1v) is 7.59. The van der Waals surface area contributed by atoms with Crippen molar-refractivity contribution in [3.63, 3.8) is 0 Å². The Balaban J connectivity index is 1.60. The SMILES string of the molecule is Oc1ccc(CC(CC2CCCC2)C2CC2)cc1. The van der Waals surface area contributed by atoms with Crippen LogP contribution in [0.4, 0.5) is 0 Å². The van der Waals surface area contributed by atoms with Crippen molar-refractivity contribution in [1.29, 1.82) is 0 Å². The smallest absolute Gasteiger partial charge is 0.115 e. The van der Waals surface area contributed by atoms with Gasteiger partial charge in [0.15, 0.2) is 0 Å². The van der Waals surface area contributed by atoms with Crippen LogP contribution in [0.5, 0.6) is 5.75 Å². The van der Waals surface area contributed by atoms with Crippen LogP contribution in [0.2, 0.25) is 0 Å². The van der Waals surface area contributed by atoms with Crippen molar-refractivity contribution in [2.45, 2.75) is 51.4 Å². The van der Waals surface area contributed by atoms with Crippen LogP contribution in [0.3, 0.4) is 0 Å². The van der Waals surface area contributed by atoms with Crippen molar-refractivity contribution in [2.24, 2.45) is 17.8 Å². The molecule has 0 aromatic heterocycles. The summed E-state index contributed by atoms with van der Waals surface area (Å²) >= 11 is 0. The van der Waals surface area contributed by atoms with E-state index in [1.165, 1.54) is 56.9 Å². The van der Waals surface area contributed by atoms with Crippen LogP contribution in [0.25, 0.3) is 0 Å². The number of hydrogen-bond donors (Lipinski definition) is 1. The third kappa shape index (κ3) is 3.07. The van der Waals surface area contributed by atoms with Gasteiger partial charge in [-0.15, -0.1) is 0 Å². The van der Waals surface area contributed by atoms with E-state index in [-0.39, 0.29) is 0 Å². The lowest BCUT2D eigenvalue weighted by atomic mass is 9.85. The molecule has 0 heterocycles. The molecule has 2 saturated carbocycles. The van der Waals surface area contributed by atoms with Crippen LogP contribution < -0.4 is 0 Å². The van der Waals surface area contributed by atoms with Gasteiger partial charge in [-0.05, 0) is 61.1 Å². The molecular weight excluding hydrogens is 220 g/mol. The Hall–Kier alpha value is -0.980. The Bertz CT molecular complexity index is 371. The summed E-state index contributed by atoms with van der Waals surface area (Å²) in [7, 11) is 0. The number of phenolic OH excluding ortho intramolecular Hbond substituents is 1. The van der Waals surface area contributed by atoms with Gasteiger partial charge in [0.2, 0.25) is 0 Å². The maximum atomic E-state index is 9.34. The molecule has 0 bridgehead atoms. The zero-order valence-corrected chi connectivity index (χ0v) is 11.1. The molecule has 0 saturated heterocycles. The van der Waals surface area contributed by atoms with E-state index in [2.05, 4.69) is 12.1 Å². The predicted molar refractivity (Wildman–Crippen MR) is 74.6 cm³/mol. The van der Waals surface area contributed by atoms with E-state index < -0.39 is 0 Å². The van der Waals surface area contributed by atoms with Crippen LogP contribution in [0.15, 0.2) is 24.3 Å². The van der Waals surface area contributed by atoms with Crippen LogP contribution in [-0.2, 0) is 6.42 Å². The van der Waals surface area contributed by atoms with Crippen molar-refractivity contribution >= 4 is 0 Å². The standard InChI is InChI=1S/C17H24O/c18-17-9-5-14(6-10-17)12-16(15-7-8-15)11-13-3-1-2-4-13/h5-6,9-10,13,15-16,18H,1-4,7-8,11-12H2. The minimum atomic E-state index is 0.387. The lowest BCUT2D eigenvalue weighted by Crippen LogP contribution is -2.11. The van der Waals surface area contributed by atoms with E-state index >= 15 is 0 Å². The molecule has 1 aromatic rings. The molecule has 1 unspecified atom stereocenters. The Morgan fingerprint density at radius 3 is 2.28 bits per heavy atom. The van der Waals surface area contributed by atoms with E-state index in [4.69, 9.17) is 0 Å². The van der Waals surface area contributed by atoms with Gasteiger partial charge in [-0.1, -0.05) is 37.8 Å². The minimum absolute atomic E-state index is 0.387. The zero-order chi connectivity index (χ0) is 12.4. The molecule has 0 amide bonds. The minimum Gasteiger partial charge on any atom is -0.508 e. The zero-order valence-electron chi connectivity index (χ0n) is 11.1. The average Bonchev–Trinajstić information content (AvgIpc) is 3.10. The maximum Gasteiger partial charge on any atom is 0.115 e. The fraction of sp³-hybridized carbons (Fsp3) is 0.647. The quantitative estimate of drug-likeness (QED) is 0.806. The molecule has 2 fully saturated rings. The maximum absolute atomic E-state index is 9.34. The summed E-state index contributed by atoms with van der Waals surface area (Å²) in [5.74, 6) is 3.29. The topological polar surface area (TPSA) is 20.2 Å². The van der Waals surface area contributed by atoms with Crippen molar-refractivity contribution in [2.75, 3.05) is 0 Å². The summed E-state index contributed by atoms with van der Waals surface area (Å²) in [5, 5.41) is 9.34. The molecule has 1 heteroatoms. The van der Waals surface area contributed by atoms with E-state index in [0.29, 0.717) is 5.75 Å². The fourth-order valence-electron chi connectivity index (χ4n) is 3.62. The summed E-state index contributed by atoms with van der Waals surface area (Å²) in [6, 6.07) is 7.85. The van der Waals surface area contributed by atoms with Crippen molar-refractivity contribution in [1.82, 2.24) is 0 Å². The van der Waals surface area contributed by atoms with Crippen LogP contribution >= 0.6 is 0 Å². The van der Waals surface area contributed by atoms with Crippen molar-refractivity contribution in [3.8, 4) is 5.75 Å². The highest BCUT2D eigenvalue weighted by Crippen LogP contribution is 2.44. The monoisotopic (exact) mass is 244 g/mol. The normalized spacial score (nSPS) is 22.2. The molecule has 1 atom stereocenters. The first-order chi connectivity index (χ1) is 8.81. The van der Waals surface area contributed by atoms with E-state index in [1.807, 2.05) is 12.1 Å². The summed E-state index contributed by atoms with van der Waals surface area (Å²) in [5.41, 5.74) is 1.41. The van der Waals surface area contributed by atoms with E-state index in [1.54, 1.807) is 0 Å². The van der Waals surface area contributed by atoms with Gasteiger partial charge in [0, 0.05) is 0 Å². The predicted octanol–water partition coefficient (Wildman–Crippen LogP) is 4.54. The summed E-state index contributed by atoms with van der Waals surface area (Å²) in [6.45, 7) is 0. The summed E-state index contributed by atoms with van der Waals surface area (Å²) < 4.78 is 0. The molecule has 3 rings (SSSR count). The molecule has 2 aliphatic rings. The van der Waals surface area contributed by atoms with E-state index in [9.17, 15) is 5.11 Å². The van der Waals surface area contributed by atoms with Crippen LogP contribution in [0, 0.1) is 17.8 Å². The molecule has 1 N–H and O–H groups in total. The highest BCUT2D eigenvalue weighted by atomic mass is 16.3. The molecule has 18 heavy (non-hydrogen) atoms. The van der Waals surface area contributed by atoms with Gasteiger partial charge in [-0.25, -0.2) is 0 Å². The first kappa shape index (κ1) is 12.1. The molecule has 0 aliphatic heterocycles. The second-order valence-electron chi connectivity index (χ2n) is 6.35. The number of aromatic hydroxyl groups is 1. The van der Waals surface area contributed by atoms with Gasteiger partial charge in [0.1, 0.15) is 5.75 Å². The second-order valence-corrected chi connectivity index (χ2v) is 6.35. The molecule has 0 radical (unpaired) electrons. The number of rotatable bonds is 5. The third-order valence-electron chi connectivity index (χ3n) is 4.83. The van der Waals surface area contributed by atoms with Gasteiger partial charge in [-0.3, -0.25) is 0 Å². The van der Waals surface area contributed by atoms with E-state index in [0.717, 1.165) is 17.8 Å². The number of phenols is 1. The second kappa shape index (κ2) is 5.34. The van der Waals surface area contributed by atoms with Gasteiger partial charge in [-0.2, -0.15) is 0 Å². The van der Waals surface area contributed by atoms with Gasteiger partial charge >= 0.3 is 0 Å². The Morgan fingerprint density at radius 2 is 1.67 bits per heavy atom. The number of benzene rings is 1. The van der Waals surface area contributed by atoms with Crippen molar-refractivity contribution < 1.29 is 5.11 Å². The lowest BCUT2D eigenvalue weighted by Gasteiger charge is -2.20. The largest absolute Gasteiger partial charge is 0.508 e. The molecule has 1 aromatic carbocycles. The average molecular weight is 244 g/mol. The molecule has 2 aliphatic carbocycles. The highest BCUT2D eigenvalue weighted by molar-refractivity contribution is 5.26. The molecular formula is C17H24O.